The van der Waals surface area contributed by atoms with E-state index in [1.807, 2.05) is 54.6 Å². The predicted octanol–water partition coefficient (Wildman–Crippen LogP) is 0.166. The molecule has 0 saturated carbocycles. The van der Waals surface area contributed by atoms with Crippen LogP contribution >= 0.6 is 11.6 Å². The largest absolute Gasteiger partial charge is 0.370 e. The molecule has 0 spiro atoms. The van der Waals surface area contributed by atoms with Crippen LogP contribution in [-0.4, -0.2) is 72.8 Å². The van der Waals surface area contributed by atoms with Crippen molar-refractivity contribution in [3.63, 3.8) is 0 Å². The molecule has 0 aromatic heterocycles. The zero-order chi connectivity index (χ0) is 38.0. The Morgan fingerprint density at radius 2 is 1.04 bits per heavy atom. The number of nitrogens with one attached hydrogen (secondary N) is 3. The van der Waals surface area contributed by atoms with E-state index >= 15 is 0 Å². The molecule has 52 heavy (non-hydrogen) atoms. The van der Waals surface area contributed by atoms with E-state index in [9.17, 15) is 19.2 Å². The molecule has 0 radical (unpaired) electrons. The molecule has 3 rings (SSSR count). The third-order valence-electron chi connectivity index (χ3n) is 8.02. The SMILES string of the molecule is NC(=O)[C@H](CCCN=C(N)N)NC(=O)[C@H](Cc1ccc(Cl)cc1)NC(=O)[C@H](CCCN=C(N)N)NC(=O)[C@@H](N)Cc1ccc(-c2ccccc2)cc1. The number of carbonyl (C=O) groups is 4. The first-order valence-electron chi connectivity index (χ1n) is 16.8. The van der Waals surface area contributed by atoms with E-state index in [0.29, 0.717) is 23.4 Å². The first kappa shape index (κ1) is 40.8. The second-order valence-electron chi connectivity index (χ2n) is 12.2. The van der Waals surface area contributed by atoms with Crippen LogP contribution in [0.1, 0.15) is 36.8 Å². The van der Waals surface area contributed by atoms with E-state index in [2.05, 4.69) is 25.9 Å². The fraction of sp³-hybridized carbons (Fsp3) is 0.333. The Bertz CT molecular complexity index is 1680. The van der Waals surface area contributed by atoms with Crippen molar-refractivity contribution in [2.45, 2.75) is 62.7 Å². The second-order valence-corrected chi connectivity index (χ2v) is 12.6. The molecule has 0 unspecified atom stereocenters. The average Bonchev–Trinajstić information content (AvgIpc) is 3.11. The molecular formula is C36H48ClN11O4. The van der Waals surface area contributed by atoms with Gasteiger partial charge in [0.25, 0.3) is 0 Å². The first-order valence-corrected chi connectivity index (χ1v) is 17.2. The smallest absolute Gasteiger partial charge is 0.243 e. The third kappa shape index (κ3) is 14.3. The lowest BCUT2D eigenvalue weighted by Gasteiger charge is -2.25. The summed E-state index contributed by atoms with van der Waals surface area (Å²) >= 11 is 6.06. The molecule has 15 N–H and O–H groups in total. The number of amides is 4. The van der Waals surface area contributed by atoms with Crippen LogP contribution in [0.3, 0.4) is 0 Å². The molecule has 0 fully saturated rings. The summed E-state index contributed by atoms with van der Waals surface area (Å²) < 4.78 is 0. The lowest BCUT2D eigenvalue weighted by Crippen LogP contribution is -2.58. The highest BCUT2D eigenvalue weighted by atomic mass is 35.5. The molecule has 4 atom stereocenters. The lowest BCUT2D eigenvalue weighted by atomic mass is 10.00. The maximum absolute atomic E-state index is 13.8. The van der Waals surface area contributed by atoms with Gasteiger partial charge in [-0.25, -0.2) is 0 Å². The van der Waals surface area contributed by atoms with E-state index in [1.165, 1.54) is 0 Å². The lowest BCUT2D eigenvalue weighted by molar-refractivity contribution is -0.133. The quantitative estimate of drug-likeness (QED) is 0.0434. The molecule has 0 aliphatic rings. The normalized spacial score (nSPS) is 13.0. The fourth-order valence-corrected chi connectivity index (χ4v) is 5.39. The molecule has 3 aromatic rings. The van der Waals surface area contributed by atoms with Crippen LogP contribution in [-0.2, 0) is 32.0 Å². The number of halogens is 1. The molecule has 278 valence electrons. The summed E-state index contributed by atoms with van der Waals surface area (Å²) in [5, 5.41) is 8.59. The number of aliphatic imine (C=N–C) groups is 2. The number of hydrogen-bond donors (Lipinski definition) is 9. The molecule has 0 bridgehead atoms. The Morgan fingerprint density at radius 1 is 0.577 bits per heavy atom. The number of guanidine groups is 2. The number of benzene rings is 3. The number of nitrogens with zero attached hydrogens (tertiary/aromatic N) is 2. The highest BCUT2D eigenvalue weighted by Crippen LogP contribution is 2.20. The van der Waals surface area contributed by atoms with Crippen LogP contribution in [0.4, 0.5) is 0 Å². The Kier molecular flexibility index (Phi) is 16.4. The van der Waals surface area contributed by atoms with Gasteiger partial charge in [-0.1, -0.05) is 78.3 Å². The summed E-state index contributed by atoms with van der Waals surface area (Å²) in [6, 6.07) is 19.9. The minimum Gasteiger partial charge on any atom is -0.370 e. The van der Waals surface area contributed by atoms with Gasteiger partial charge in [-0.05, 0) is 66.5 Å². The molecule has 0 saturated heterocycles. The fourth-order valence-electron chi connectivity index (χ4n) is 5.26. The molecule has 16 heteroatoms. The summed E-state index contributed by atoms with van der Waals surface area (Å²) in [4.78, 5) is 60.9. The standard InChI is InChI=1S/C36H48ClN11O4/c37-26-16-12-23(13-17-26)21-30(34(52)46-28(31(39)49)8-4-18-44-35(40)41)48-33(51)29(9-5-19-45-36(42)43)47-32(50)27(38)20-22-10-14-25(15-11-22)24-6-2-1-3-7-24/h1-3,6-7,10-17,27-30H,4-5,8-9,18-21,38H2,(H2,39,49)(H,46,52)(H,47,50)(H,48,51)(H4,40,41,44)(H4,42,43,45)/t27-,28-,29-,30-/m0/s1. The number of hydrogen-bond acceptors (Lipinski definition) is 7. The van der Waals surface area contributed by atoms with Gasteiger partial charge in [0.05, 0.1) is 6.04 Å². The Morgan fingerprint density at radius 3 is 1.60 bits per heavy atom. The van der Waals surface area contributed by atoms with Gasteiger partial charge in [-0.15, -0.1) is 0 Å². The number of primary amides is 1. The minimum atomic E-state index is -1.18. The van der Waals surface area contributed by atoms with E-state index in [1.54, 1.807) is 24.3 Å². The molecular weight excluding hydrogens is 686 g/mol. The summed E-state index contributed by atoms with van der Waals surface area (Å²) in [6.07, 6.45) is 1.18. The maximum Gasteiger partial charge on any atom is 0.243 e. The molecule has 0 aliphatic carbocycles. The van der Waals surface area contributed by atoms with Gasteiger partial charge in [0.2, 0.25) is 23.6 Å². The van der Waals surface area contributed by atoms with Crippen LogP contribution in [0.25, 0.3) is 11.1 Å². The zero-order valence-corrected chi connectivity index (χ0v) is 29.6. The van der Waals surface area contributed by atoms with Crippen LogP contribution in [0.15, 0.2) is 88.8 Å². The van der Waals surface area contributed by atoms with Crippen molar-refractivity contribution >= 4 is 47.1 Å². The number of carbonyl (C=O) groups excluding carboxylic acids is 4. The predicted molar refractivity (Wildman–Crippen MR) is 204 cm³/mol. The first-order chi connectivity index (χ1) is 24.8. The van der Waals surface area contributed by atoms with Crippen molar-refractivity contribution < 1.29 is 19.2 Å². The average molecular weight is 734 g/mol. The third-order valence-corrected chi connectivity index (χ3v) is 8.27. The molecule has 0 heterocycles. The number of rotatable bonds is 20. The van der Waals surface area contributed by atoms with Crippen molar-refractivity contribution in [3.8, 4) is 11.1 Å². The highest BCUT2D eigenvalue weighted by molar-refractivity contribution is 6.30. The van der Waals surface area contributed by atoms with Crippen LogP contribution in [0.2, 0.25) is 5.02 Å². The summed E-state index contributed by atoms with van der Waals surface area (Å²) in [5.41, 5.74) is 37.1. The van der Waals surface area contributed by atoms with Crippen molar-refractivity contribution in [3.05, 3.63) is 95.0 Å². The van der Waals surface area contributed by atoms with E-state index in [4.69, 9.17) is 46.0 Å². The summed E-state index contributed by atoms with van der Waals surface area (Å²) in [7, 11) is 0. The van der Waals surface area contributed by atoms with E-state index in [0.717, 1.165) is 16.7 Å². The Hall–Kier alpha value is -5.67. The van der Waals surface area contributed by atoms with Crippen molar-refractivity contribution in [1.29, 1.82) is 0 Å². The molecule has 3 aromatic carbocycles. The minimum absolute atomic E-state index is 0.0291. The molecule has 15 nitrogen and oxygen atoms in total. The van der Waals surface area contributed by atoms with Crippen molar-refractivity contribution in [2.24, 2.45) is 44.4 Å². The van der Waals surface area contributed by atoms with Gasteiger partial charge in [-0.2, -0.15) is 0 Å². The van der Waals surface area contributed by atoms with E-state index < -0.39 is 47.8 Å². The van der Waals surface area contributed by atoms with Crippen molar-refractivity contribution in [1.82, 2.24) is 16.0 Å². The number of nitrogens with two attached hydrogens (primary N) is 6. The van der Waals surface area contributed by atoms with Gasteiger partial charge >= 0.3 is 0 Å². The Balaban J connectivity index is 1.77. The monoisotopic (exact) mass is 733 g/mol. The van der Waals surface area contributed by atoms with Crippen LogP contribution < -0.4 is 50.4 Å². The molecule has 4 amide bonds. The summed E-state index contributed by atoms with van der Waals surface area (Å²) in [6.45, 7) is 0.409. The topological polar surface area (TPSA) is 285 Å². The van der Waals surface area contributed by atoms with Crippen LogP contribution in [0.5, 0.6) is 0 Å². The van der Waals surface area contributed by atoms with Gasteiger partial charge in [0, 0.05) is 24.5 Å². The van der Waals surface area contributed by atoms with Gasteiger partial charge in [0.1, 0.15) is 18.1 Å². The Labute approximate surface area is 308 Å². The maximum atomic E-state index is 13.8. The molecule has 0 aliphatic heterocycles. The highest BCUT2D eigenvalue weighted by Gasteiger charge is 2.30. The van der Waals surface area contributed by atoms with Gasteiger partial charge in [-0.3, -0.25) is 29.2 Å². The van der Waals surface area contributed by atoms with Gasteiger partial charge < -0.3 is 50.4 Å². The van der Waals surface area contributed by atoms with Crippen molar-refractivity contribution in [2.75, 3.05) is 13.1 Å². The second kappa shape index (κ2) is 20.9. The zero-order valence-electron chi connectivity index (χ0n) is 28.8. The van der Waals surface area contributed by atoms with Crippen LogP contribution in [0, 0.1) is 0 Å². The van der Waals surface area contributed by atoms with Gasteiger partial charge in [0.15, 0.2) is 11.9 Å². The van der Waals surface area contributed by atoms with E-state index in [-0.39, 0.29) is 50.7 Å². The summed E-state index contributed by atoms with van der Waals surface area (Å²) in [5.74, 6) is -2.90.